The molecular formula is C23H19NO5. The number of carbonyl (C=O) groups is 3. The molecule has 2 aromatic carbocycles. The Kier molecular flexibility index (Phi) is 4.01. The minimum absolute atomic E-state index is 0.120. The number of hydrogen-bond acceptors (Lipinski definition) is 5. The summed E-state index contributed by atoms with van der Waals surface area (Å²) in [6.45, 7) is 0. The van der Waals surface area contributed by atoms with Gasteiger partial charge in [-0.25, -0.2) is 9.69 Å². The Morgan fingerprint density at radius 1 is 0.897 bits per heavy atom. The van der Waals surface area contributed by atoms with Gasteiger partial charge in [-0.05, 0) is 42.5 Å². The van der Waals surface area contributed by atoms with E-state index < -0.39 is 5.97 Å². The standard InChI is InChI=1S/C23H19NO5/c1-28-17-8-4-2-6-15(17)23(27)29-18-9-5-3-7-16(18)24-21(25)19-13-10-11-14(12-13)20(19)22(24)26/h2-11,13-14,19-20H,12H2,1H3/t13-,14-,19+,20+/m0/s1. The number of ether oxygens (including phenoxy) is 2. The number of imide groups is 1. The second-order valence-electron chi connectivity index (χ2n) is 7.57. The van der Waals surface area contributed by atoms with Crippen molar-refractivity contribution < 1.29 is 23.9 Å². The predicted octanol–water partition coefficient (Wildman–Crippen LogP) is 3.23. The lowest BCUT2D eigenvalue weighted by Crippen LogP contribution is -2.33. The summed E-state index contributed by atoms with van der Waals surface area (Å²) in [7, 11) is 1.47. The maximum absolute atomic E-state index is 13.1. The zero-order valence-corrected chi connectivity index (χ0v) is 15.8. The van der Waals surface area contributed by atoms with Crippen LogP contribution in [0.25, 0.3) is 0 Å². The van der Waals surface area contributed by atoms with E-state index in [1.54, 1.807) is 48.5 Å². The lowest BCUT2D eigenvalue weighted by atomic mass is 9.85. The van der Waals surface area contributed by atoms with Gasteiger partial charge in [0.1, 0.15) is 11.3 Å². The molecule has 146 valence electrons. The lowest BCUT2D eigenvalue weighted by Gasteiger charge is -2.20. The maximum Gasteiger partial charge on any atom is 0.347 e. The Balaban J connectivity index is 1.47. The average Bonchev–Trinajstić information content (AvgIpc) is 3.42. The smallest absolute Gasteiger partial charge is 0.347 e. The minimum atomic E-state index is -0.615. The summed E-state index contributed by atoms with van der Waals surface area (Å²) in [4.78, 5) is 40.1. The number of hydrogen-bond donors (Lipinski definition) is 0. The normalized spacial score (nSPS) is 26.7. The van der Waals surface area contributed by atoms with Crippen molar-refractivity contribution in [2.24, 2.45) is 23.7 Å². The summed E-state index contributed by atoms with van der Waals surface area (Å²) < 4.78 is 10.8. The average molecular weight is 389 g/mol. The summed E-state index contributed by atoms with van der Waals surface area (Å²) in [5.41, 5.74) is 0.572. The van der Waals surface area contributed by atoms with Crippen molar-refractivity contribution in [2.45, 2.75) is 6.42 Å². The second kappa shape index (κ2) is 6.58. The molecule has 6 heteroatoms. The van der Waals surface area contributed by atoms with Gasteiger partial charge in [0.05, 0.1) is 24.6 Å². The monoisotopic (exact) mass is 389 g/mol. The summed E-state index contributed by atoms with van der Waals surface area (Å²) in [6.07, 6.45) is 4.97. The number of fused-ring (bicyclic) bond motifs is 5. The number of benzene rings is 2. The molecule has 1 aliphatic heterocycles. The van der Waals surface area contributed by atoms with Crippen LogP contribution in [0.2, 0.25) is 0 Å². The molecule has 1 saturated heterocycles. The van der Waals surface area contributed by atoms with Gasteiger partial charge in [0.2, 0.25) is 11.8 Å². The summed E-state index contributed by atoms with van der Waals surface area (Å²) in [5.74, 6) is -0.854. The Morgan fingerprint density at radius 2 is 1.48 bits per heavy atom. The molecule has 1 saturated carbocycles. The third-order valence-corrected chi connectivity index (χ3v) is 6.11. The van der Waals surface area contributed by atoms with Gasteiger partial charge in [-0.2, -0.15) is 0 Å². The lowest BCUT2D eigenvalue weighted by molar-refractivity contribution is -0.123. The molecule has 6 nitrogen and oxygen atoms in total. The van der Waals surface area contributed by atoms with Crippen LogP contribution in [0.3, 0.4) is 0 Å². The summed E-state index contributed by atoms with van der Waals surface area (Å²) >= 11 is 0. The first kappa shape index (κ1) is 17.7. The molecule has 0 N–H and O–H groups in total. The van der Waals surface area contributed by atoms with E-state index in [0.717, 1.165) is 6.42 Å². The Labute approximate surface area is 167 Å². The zero-order valence-electron chi connectivity index (χ0n) is 15.8. The van der Waals surface area contributed by atoms with Crippen LogP contribution in [0.5, 0.6) is 11.5 Å². The fourth-order valence-electron chi connectivity index (χ4n) is 4.84. The molecule has 0 aromatic heterocycles. The van der Waals surface area contributed by atoms with Gasteiger partial charge >= 0.3 is 5.97 Å². The molecule has 2 bridgehead atoms. The number of carbonyl (C=O) groups excluding carboxylic acids is 3. The topological polar surface area (TPSA) is 72.9 Å². The van der Waals surface area contributed by atoms with Crippen LogP contribution < -0.4 is 14.4 Å². The number of para-hydroxylation sites is 3. The number of anilines is 1. The van der Waals surface area contributed by atoms with Gasteiger partial charge in [0.25, 0.3) is 0 Å². The molecule has 0 spiro atoms. The highest BCUT2D eigenvalue weighted by molar-refractivity contribution is 6.23. The summed E-state index contributed by atoms with van der Waals surface area (Å²) in [6, 6.07) is 13.4. The fourth-order valence-corrected chi connectivity index (χ4v) is 4.84. The first-order chi connectivity index (χ1) is 14.1. The van der Waals surface area contributed by atoms with Crippen LogP contribution >= 0.6 is 0 Å². The van der Waals surface area contributed by atoms with Crippen molar-refractivity contribution in [2.75, 3.05) is 12.0 Å². The van der Waals surface area contributed by atoms with E-state index in [1.807, 2.05) is 12.2 Å². The van der Waals surface area contributed by atoms with E-state index in [2.05, 4.69) is 0 Å². The Morgan fingerprint density at radius 3 is 2.14 bits per heavy atom. The first-order valence-corrected chi connectivity index (χ1v) is 9.60. The van der Waals surface area contributed by atoms with E-state index in [9.17, 15) is 14.4 Å². The van der Waals surface area contributed by atoms with Gasteiger partial charge in [0, 0.05) is 0 Å². The quantitative estimate of drug-likeness (QED) is 0.347. The molecule has 29 heavy (non-hydrogen) atoms. The van der Waals surface area contributed by atoms with Crippen LogP contribution in [-0.4, -0.2) is 24.9 Å². The minimum Gasteiger partial charge on any atom is -0.496 e. The van der Waals surface area contributed by atoms with Crippen molar-refractivity contribution in [3.8, 4) is 11.5 Å². The largest absolute Gasteiger partial charge is 0.496 e. The molecule has 0 unspecified atom stereocenters. The van der Waals surface area contributed by atoms with Crippen LogP contribution in [0, 0.1) is 23.7 Å². The SMILES string of the molecule is COc1ccccc1C(=O)Oc1ccccc1N1C(=O)[C@H]2[C@H](C1=O)[C@H]1C=C[C@H]2C1. The van der Waals surface area contributed by atoms with E-state index in [0.29, 0.717) is 11.4 Å². The summed E-state index contributed by atoms with van der Waals surface area (Å²) in [5, 5.41) is 0. The highest BCUT2D eigenvalue weighted by atomic mass is 16.5. The van der Waals surface area contributed by atoms with Crippen LogP contribution in [0.15, 0.2) is 60.7 Å². The van der Waals surface area contributed by atoms with Crippen molar-refractivity contribution in [3.05, 3.63) is 66.2 Å². The molecule has 5 rings (SSSR count). The number of amides is 2. The molecule has 2 fully saturated rings. The number of nitrogens with zero attached hydrogens (tertiary/aromatic N) is 1. The van der Waals surface area contributed by atoms with Crippen LogP contribution in [-0.2, 0) is 9.59 Å². The van der Waals surface area contributed by atoms with Crippen LogP contribution in [0.4, 0.5) is 5.69 Å². The van der Waals surface area contributed by atoms with Gasteiger partial charge in [-0.1, -0.05) is 36.4 Å². The third kappa shape index (κ3) is 2.59. The first-order valence-electron chi connectivity index (χ1n) is 9.60. The van der Waals surface area contributed by atoms with Crippen molar-refractivity contribution in [3.63, 3.8) is 0 Å². The molecule has 2 amide bonds. The number of rotatable bonds is 4. The van der Waals surface area contributed by atoms with Gasteiger partial charge in [0.15, 0.2) is 5.75 Å². The molecule has 1 heterocycles. The van der Waals surface area contributed by atoms with Crippen molar-refractivity contribution in [1.82, 2.24) is 0 Å². The highest BCUT2D eigenvalue weighted by Gasteiger charge is 2.59. The second-order valence-corrected chi connectivity index (χ2v) is 7.57. The molecule has 2 aliphatic carbocycles. The van der Waals surface area contributed by atoms with Gasteiger partial charge in [-0.3, -0.25) is 9.59 Å². The van der Waals surface area contributed by atoms with Crippen LogP contribution in [0.1, 0.15) is 16.8 Å². The predicted molar refractivity (Wildman–Crippen MR) is 105 cm³/mol. The Bertz CT molecular complexity index is 1030. The zero-order chi connectivity index (χ0) is 20.1. The number of allylic oxidation sites excluding steroid dienone is 2. The van der Waals surface area contributed by atoms with Gasteiger partial charge < -0.3 is 9.47 Å². The third-order valence-electron chi connectivity index (χ3n) is 6.11. The van der Waals surface area contributed by atoms with E-state index in [4.69, 9.17) is 9.47 Å². The maximum atomic E-state index is 13.1. The van der Waals surface area contributed by atoms with E-state index in [-0.39, 0.29) is 46.8 Å². The molecule has 2 aromatic rings. The van der Waals surface area contributed by atoms with E-state index >= 15 is 0 Å². The van der Waals surface area contributed by atoms with E-state index in [1.165, 1.54) is 12.0 Å². The molecule has 0 radical (unpaired) electrons. The fraction of sp³-hybridized carbons (Fsp3) is 0.261. The number of esters is 1. The van der Waals surface area contributed by atoms with Gasteiger partial charge in [-0.15, -0.1) is 0 Å². The van der Waals surface area contributed by atoms with Crippen molar-refractivity contribution in [1.29, 1.82) is 0 Å². The highest BCUT2D eigenvalue weighted by Crippen LogP contribution is 2.53. The molecule has 4 atom stereocenters. The van der Waals surface area contributed by atoms with Crippen molar-refractivity contribution >= 4 is 23.5 Å². The number of methoxy groups -OCH3 is 1. The Hall–Kier alpha value is -3.41. The molecule has 3 aliphatic rings. The molecular weight excluding hydrogens is 370 g/mol.